The Morgan fingerprint density at radius 1 is 1.14 bits per heavy atom. The highest BCUT2D eigenvalue weighted by Gasteiger charge is 2.46. The number of fused-ring (bicyclic) bond motifs is 2. The van der Waals surface area contributed by atoms with Crippen molar-refractivity contribution in [1.29, 1.82) is 0 Å². The quantitative estimate of drug-likeness (QED) is 0.487. The molecule has 3 aromatic rings. The van der Waals surface area contributed by atoms with E-state index in [1.165, 1.54) is 25.6 Å². The van der Waals surface area contributed by atoms with Gasteiger partial charge in [-0.25, -0.2) is 19.2 Å². The molecule has 3 N–H and O–H groups in total. The van der Waals surface area contributed by atoms with Gasteiger partial charge in [0.15, 0.2) is 12.4 Å². The Morgan fingerprint density at radius 2 is 1.95 bits per heavy atom. The summed E-state index contributed by atoms with van der Waals surface area (Å²) in [6.07, 6.45) is 6.28. The Morgan fingerprint density at radius 3 is 2.73 bits per heavy atom. The number of rotatable bonds is 4. The van der Waals surface area contributed by atoms with Gasteiger partial charge in [0.05, 0.1) is 7.11 Å². The van der Waals surface area contributed by atoms with E-state index in [9.17, 15) is 9.59 Å². The van der Waals surface area contributed by atoms with E-state index in [0.717, 1.165) is 38.8 Å². The number of hydrogen-bond donors (Lipinski definition) is 3. The number of benzene rings is 1. The third-order valence-corrected chi connectivity index (χ3v) is 7.39. The van der Waals surface area contributed by atoms with E-state index in [4.69, 9.17) is 14.2 Å². The van der Waals surface area contributed by atoms with Crippen LogP contribution in [0.15, 0.2) is 30.6 Å². The van der Waals surface area contributed by atoms with Gasteiger partial charge in [-0.2, -0.15) is 0 Å². The van der Waals surface area contributed by atoms with Crippen molar-refractivity contribution < 1.29 is 28.2 Å². The van der Waals surface area contributed by atoms with E-state index in [2.05, 4.69) is 25.9 Å². The summed E-state index contributed by atoms with van der Waals surface area (Å²) >= 11 is 0. The molecular formula is C26H26FN5O5. The van der Waals surface area contributed by atoms with E-state index in [-0.39, 0.29) is 41.5 Å². The summed E-state index contributed by atoms with van der Waals surface area (Å²) in [5.74, 6) is -0.144. The largest absolute Gasteiger partial charge is 0.494 e. The first-order valence-corrected chi connectivity index (χ1v) is 12.2. The van der Waals surface area contributed by atoms with Crippen LogP contribution in [0.2, 0.25) is 0 Å². The molecule has 2 aromatic heterocycles. The Kier molecular flexibility index (Phi) is 5.79. The fourth-order valence-corrected chi connectivity index (χ4v) is 5.49. The van der Waals surface area contributed by atoms with E-state index in [1.807, 2.05) is 0 Å². The van der Waals surface area contributed by atoms with Crippen LogP contribution >= 0.6 is 0 Å². The zero-order chi connectivity index (χ0) is 25.6. The van der Waals surface area contributed by atoms with Crippen molar-refractivity contribution >= 4 is 34.3 Å². The number of methoxy groups -OCH3 is 1. The predicted octanol–water partition coefficient (Wildman–Crippen LogP) is 3.86. The number of pyridine rings is 2. The fourth-order valence-electron chi connectivity index (χ4n) is 5.49. The monoisotopic (exact) mass is 507 g/mol. The summed E-state index contributed by atoms with van der Waals surface area (Å²) in [5.41, 5.74) is 1.10. The zero-order valence-corrected chi connectivity index (χ0v) is 20.2. The summed E-state index contributed by atoms with van der Waals surface area (Å²) in [4.78, 5) is 32.8. The van der Waals surface area contributed by atoms with Crippen LogP contribution in [-0.2, 0) is 9.53 Å². The second-order valence-electron chi connectivity index (χ2n) is 9.78. The molecule has 1 saturated heterocycles. The Labute approximate surface area is 211 Å². The van der Waals surface area contributed by atoms with Gasteiger partial charge in [-0.1, -0.05) is 0 Å². The summed E-state index contributed by atoms with van der Waals surface area (Å²) in [6, 6.07) is 4.62. The molecule has 1 saturated carbocycles. The number of carbonyl (C=O) groups is 2. The summed E-state index contributed by atoms with van der Waals surface area (Å²) in [5, 5.41) is 9.91. The Bertz CT molecular complexity index is 1400. The molecule has 0 unspecified atom stereocenters. The molecule has 0 radical (unpaired) electrons. The number of ether oxygens (including phenoxy) is 3. The zero-order valence-electron chi connectivity index (χ0n) is 20.2. The van der Waals surface area contributed by atoms with Crippen LogP contribution in [0.3, 0.4) is 0 Å². The number of amides is 2. The molecule has 11 heteroatoms. The van der Waals surface area contributed by atoms with Crippen LogP contribution in [0, 0.1) is 11.2 Å². The van der Waals surface area contributed by atoms with Crippen molar-refractivity contribution in [2.24, 2.45) is 5.41 Å². The third kappa shape index (κ3) is 4.39. The molecule has 2 fully saturated rings. The van der Waals surface area contributed by atoms with Crippen LogP contribution in [0.4, 0.5) is 20.7 Å². The predicted molar refractivity (Wildman–Crippen MR) is 133 cm³/mol. The smallest absolute Gasteiger partial charge is 0.413 e. The Balaban J connectivity index is 1.22. The van der Waals surface area contributed by atoms with Crippen LogP contribution in [-0.4, -0.2) is 54.9 Å². The molecule has 1 aliphatic carbocycles. The molecular weight excluding hydrogens is 481 g/mol. The number of hydrogen-bond acceptors (Lipinski definition) is 8. The number of piperidine rings is 1. The van der Waals surface area contributed by atoms with Gasteiger partial charge in [0.1, 0.15) is 23.4 Å². The lowest BCUT2D eigenvalue weighted by Gasteiger charge is -2.49. The maximum atomic E-state index is 15.2. The van der Waals surface area contributed by atoms with Crippen molar-refractivity contribution in [3.63, 3.8) is 0 Å². The Hall–Kier alpha value is -3.99. The summed E-state index contributed by atoms with van der Waals surface area (Å²) in [7, 11) is 1.42. The van der Waals surface area contributed by atoms with E-state index < -0.39 is 11.9 Å². The van der Waals surface area contributed by atoms with Gasteiger partial charge >= 0.3 is 6.09 Å². The molecule has 37 heavy (non-hydrogen) atoms. The molecule has 1 aromatic carbocycles. The van der Waals surface area contributed by atoms with Crippen molar-refractivity contribution in [2.45, 2.75) is 31.8 Å². The average Bonchev–Trinajstić information content (AvgIpc) is 2.87. The van der Waals surface area contributed by atoms with Crippen molar-refractivity contribution in [2.75, 3.05) is 37.4 Å². The molecule has 4 heterocycles. The van der Waals surface area contributed by atoms with Crippen molar-refractivity contribution in [3.8, 4) is 22.8 Å². The number of anilines is 2. The van der Waals surface area contributed by atoms with Crippen LogP contribution in [0.25, 0.3) is 21.9 Å². The highest BCUT2D eigenvalue weighted by Crippen LogP contribution is 2.49. The molecule has 0 atom stereocenters. The molecule has 10 nitrogen and oxygen atoms in total. The number of nitrogens with one attached hydrogen (secondary N) is 3. The molecule has 192 valence electrons. The first-order valence-electron chi connectivity index (χ1n) is 12.2. The highest BCUT2D eigenvalue weighted by molar-refractivity contribution is 5.99. The summed E-state index contributed by atoms with van der Waals surface area (Å²) < 4.78 is 31.6. The van der Waals surface area contributed by atoms with Gasteiger partial charge < -0.3 is 24.8 Å². The van der Waals surface area contributed by atoms with Gasteiger partial charge in [0.2, 0.25) is 5.88 Å². The highest BCUT2D eigenvalue weighted by atomic mass is 19.1. The van der Waals surface area contributed by atoms with E-state index in [1.54, 1.807) is 12.1 Å². The first-order chi connectivity index (χ1) is 17.9. The molecule has 2 aliphatic heterocycles. The lowest BCUT2D eigenvalue weighted by Crippen LogP contribution is -2.49. The topological polar surface area (TPSA) is 124 Å². The molecule has 2 amide bonds. The minimum Gasteiger partial charge on any atom is -0.494 e. The standard InChI is InChI=1S/C26H26FN5O5/c1-35-23-18(12-30-24-22(23)32-21(33)13-36-24)17-6-14-8-20(29-11-15(14)7-19(17)27)31-25(34)37-16-9-26(10-16)2-4-28-5-3-26/h6-8,11-12,16,28H,2-5,9-10,13H2,1H3,(H,32,33)(H,29,31,34). The average molecular weight is 508 g/mol. The molecule has 1 spiro atoms. The van der Waals surface area contributed by atoms with Gasteiger partial charge in [0.25, 0.3) is 5.91 Å². The van der Waals surface area contributed by atoms with Crippen molar-refractivity contribution in [3.05, 3.63) is 36.4 Å². The lowest BCUT2D eigenvalue weighted by molar-refractivity contribution is -0.118. The number of halogens is 1. The fraction of sp³-hybridized carbons (Fsp3) is 0.385. The number of aromatic nitrogens is 2. The van der Waals surface area contributed by atoms with E-state index >= 15 is 4.39 Å². The normalized spacial score (nSPS) is 18.4. The first kappa shape index (κ1) is 23.4. The van der Waals surface area contributed by atoms with Crippen LogP contribution < -0.4 is 25.4 Å². The molecule has 3 aliphatic rings. The summed E-state index contributed by atoms with van der Waals surface area (Å²) in [6.45, 7) is 1.87. The van der Waals surface area contributed by atoms with Crippen molar-refractivity contribution in [1.82, 2.24) is 15.3 Å². The minimum absolute atomic E-state index is 0.0901. The molecule has 0 bridgehead atoms. The van der Waals surface area contributed by atoms with E-state index in [0.29, 0.717) is 27.6 Å². The number of nitrogens with zero attached hydrogens (tertiary/aromatic N) is 2. The maximum absolute atomic E-state index is 15.2. The molecule has 6 rings (SSSR count). The van der Waals surface area contributed by atoms with Gasteiger partial charge in [-0.15, -0.1) is 0 Å². The SMILES string of the molecule is COc1c(-c2cc3cc(NC(=O)OC4CC5(CCNCC5)C4)ncc3cc2F)cnc2c1NC(=O)CO2. The van der Waals surface area contributed by atoms with Gasteiger partial charge in [-0.3, -0.25) is 10.1 Å². The second-order valence-corrected chi connectivity index (χ2v) is 9.78. The second kappa shape index (κ2) is 9.15. The van der Waals surface area contributed by atoms with Crippen LogP contribution in [0.1, 0.15) is 25.7 Å². The number of carbonyl (C=O) groups excluding carboxylic acids is 2. The van der Waals surface area contributed by atoms with Gasteiger partial charge in [0, 0.05) is 28.9 Å². The van der Waals surface area contributed by atoms with Gasteiger partial charge in [-0.05, 0) is 67.8 Å². The lowest BCUT2D eigenvalue weighted by atomic mass is 9.62. The third-order valence-electron chi connectivity index (χ3n) is 7.39. The minimum atomic E-state index is -0.556. The maximum Gasteiger partial charge on any atom is 0.413 e. The van der Waals surface area contributed by atoms with Crippen LogP contribution in [0.5, 0.6) is 11.6 Å².